The lowest BCUT2D eigenvalue weighted by atomic mass is 10.0. The maximum absolute atomic E-state index is 12.6. The SMILES string of the molecule is CCn1cc(NC(=O)C(C)(N)C(F)(F)F)ccc1=O. The Morgan fingerprint density at radius 1 is 1.42 bits per heavy atom. The highest BCUT2D eigenvalue weighted by Gasteiger charge is 2.53. The van der Waals surface area contributed by atoms with Crippen molar-refractivity contribution in [3.05, 3.63) is 28.7 Å². The average molecular weight is 277 g/mol. The van der Waals surface area contributed by atoms with Crippen LogP contribution < -0.4 is 16.6 Å². The number of amides is 1. The van der Waals surface area contributed by atoms with Gasteiger partial charge in [-0.1, -0.05) is 0 Å². The number of hydrogen-bond donors (Lipinski definition) is 2. The normalized spacial score (nSPS) is 14.8. The summed E-state index contributed by atoms with van der Waals surface area (Å²) < 4.78 is 38.9. The quantitative estimate of drug-likeness (QED) is 0.868. The Morgan fingerprint density at radius 2 is 2.00 bits per heavy atom. The number of hydrogen-bond acceptors (Lipinski definition) is 3. The van der Waals surface area contributed by atoms with Gasteiger partial charge >= 0.3 is 6.18 Å². The van der Waals surface area contributed by atoms with Crippen molar-refractivity contribution in [2.24, 2.45) is 5.73 Å². The largest absolute Gasteiger partial charge is 0.415 e. The molecule has 19 heavy (non-hydrogen) atoms. The van der Waals surface area contributed by atoms with Crippen LogP contribution in [0.15, 0.2) is 23.1 Å². The molecule has 1 aromatic heterocycles. The summed E-state index contributed by atoms with van der Waals surface area (Å²) in [4.78, 5) is 22.8. The molecule has 1 atom stereocenters. The summed E-state index contributed by atoms with van der Waals surface area (Å²) >= 11 is 0. The maximum Gasteiger partial charge on any atom is 0.415 e. The van der Waals surface area contributed by atoms with E-state index in [9.17, 15) is 22.8 Å². The Hall–Kier alpha value is -1.83. The number of carbonyl (C=O) groups is 1. The number of rotatable bonds is 3. The van der Waals surface area contributed by atoms with Gasteiger partial charge in [-0.05, 0) is 19.9 Å². The summed E-state index contributed by atoms with van der Waals surface area (Å²) in [5.74, 6) is -1.39. The van der Waals surface area contributed by atoms with Gasteiger partial charge in [-0.2, -0.15) is 13.2 Å². The Morgan fingerprint density at radius 3 is 2.47 bits per heavy atom. The number of pyridine rings is 1. The third-order valence-corrected chi connectivity index (χ3v) is 2.64. The molecule has 1 amide bonds. The number of nitrogens with one attached hydrogen (secondary N) is 1. The van der Waals surface area contributed by atoms with E-state index in [-0.39, 0.29) is 11.2 Å². The van der Waals surface area contributed by atoms with E-state index >= 15 is 0 Å². The number of halogens is 3. The molecule has 0 bridgehead atoms. The molecule has 1 heterocycles. The highest BCUT2D eigenvalue weighted by Crippen LogP contribution is 2.28. The molecular formula is C11H14F3N3O2. The minimum atomic E-state index is -4.86. The first-order valence-electron chi connectivity index (χ1n) is 5.47. The molecule has 1 aromatic rings. The molecule has 3 N–H and O–H groups in total. The van der Waals surface area contributed by atoms with E-state index in [1.807, 2.05) is 5.32 Å². The molecule has 0 aromatic carbocycles. The lowest BCUT2D eigenvalue weighted by Crippen LogP contribution is -2.59. The van der Waals surface area contributed by atoms with Gasteiger partial charge in [-0.15, -0.1) is 0 Å². The zero-order chi connectivity index (χ0) is 14.8. The van der Waals surface area contributed by atoms with Crippen LogP contribution >= 0.6 is 0 Å². The number of aromatic nitrogens is 1. The lowest BCUT2D eigenvalue weighted by molar-refractivity contribution is -0.184. The molecule has 106 valence electrons. The molecule has 5 nitrogen and oxygen atoms in total. The molecule has 0 saturated heterocycles. The van der Waals surface area contributed by atoms with Crippen LogP contribution in [0, 0.1) is 0 Å². The smallest absolute Gasteiger partial charge is 0.323 e. The summed E-state index contributed by atoms with van der Waals surface area (Å²) in [6.07, 6.45) is -3.61. The Bertz CT molecular complexity index is 535. The van der Waals surface area contributed by atoms with Crippen LogP contribution in [0.3, 0.4) is 0 Å². The number of nitrogens with zero attached hydrogens (tertiary/aromatic N) is 1. The van der Waals surface area contributed by atoms with Crippen molar-refractivity contribution in [2.75, 3.05) is 5.32 Å². The van der Waals surface area contributed by atoms with Crippen LogP contribution in [0.25, 0.3) is 0 Å². The first-order chi connectivity index (χ1) is 8.59. The summed E-state index contributed by atoms with van der Waals surface area (Å²) in [6.45, 7) is 2.61. The zero-order valence-corrected chi connectivity index (χ0v) is 10.4. The Kier molecular flexibility index (Phi) is 4.04. The molecule has 0 spiro atoms. The molecule has 0 radical (unpaired) electrons. The second-order valence-corrected chi connectivity index (χ2v) is 4.20. The molecule has 1 rings (SSSR count). The van der Waals surface area contributed by atoms with Gasteiger partial charge in [0.15, 0.2) is 5.54 Å². The Labute approximate surface area is 107 Å². The Balaban J connectivity index is 2.98. The highest BCUT2D eigenvalue weighted by atomic mass is 19.4. The van der Waals surface area contributed by atoms with E-state index in [1.165, 1.54) is 16.8 Å². The van der Waals surface area contributed by atoms with Crippen LogP contribution in [0.5, 0.6) is 0 Å². The van der Waals surface area contributed by atoms with Gasteiger partial charge in [0.25, 0.3) is 11.5 Å². The van der Waals surface area contributed by atoms with Crippen LogP contribution in [-0.4, -0.2) is 22.2 Å². The van der Waals surface area contributed by atoms with Crippen molar-refractivity contribution in [1.82, 2.24) is 4.57 Å². The maximum atomic E-state index is 12.6. The zero-order valence-electron chi connectivity index (χ0n) is 10.4. The average Bonchev–Trinajstić information content (AvgIpc) is 2.30. The van der Waals surface area contributed by atoms with Crippen molar-refractivity contribution in [1.29, 1.82) is 0 Å². The van der Waals surface area contributed by atoms with Crippen molar-refractivity contribution in [3.8, 4) is 0 Å². The molecular weight excluding hydrogens is 263 g/mol. The number of aryl methyl sites for hydroxylation is 1. The molecule has 8 heteroatoms. The number of anilines is 1. The van der Waals surface area contributed by atoms with Crippen LogP contribution in [0.2, 0.25) is 0 Å². The number of alkyl halides is 3. The van der Waals surface area contributed by atoms with E-state index in [0.29, 0.717) is 13.5 Å². The van der Waals surface area contributed by atoms with E-state index in [4.69, 9.17) is 5.73 Å². The number of nitrogens with two attached hydrogens (primary N) is 1. The summed E-state index contributed by atoms with van der Waals surface area (Å²) in [6, 6.07) is 2.37. The molecule has 1 unspecified atom stereocenters. The van der Waals surface area contributed by atoms with E-state index < -0.39 is 17.6 Å². The van der Waals surface area contributed by atoms with Gasteiger partial charge in [-0.25, -0.2) is 0 Å². The highest BCUT2D eigenvalue weighted by molar-refractivity contribution is 5.98. The fourth-order valence-corrected chi connectivity index (χ4v) is 1.24. The third kappa shape index (κ3) is 3.14. The first kappa shape index (κ1) is 15.2. The summed E-state index contributed by atoms with van der Waals surface area (Å²) in [5.41, 5.74) is 1.74. The van der Waals surface area contributed by atoms with Crippen molar-refractivity contribution < 1.29 is 18.0 Å². The second kappa shape index (κ2) is 5.04. The molecule has 0 aliphatic rings. The van der Waals surface area contributed by atoms with E-state index in [0.717, 1.165) is 6.07 Å². The van der Waals surface area contributed by atoms with E-state index in [2.05, 4.69) is 0 Å². The molecule has 0 saturated carbocycles. The van der Waals surface area contributed by atoms with Crippen molar-refractivity contribution >= 4 is 11.6 Å². The van der Waals surface area contributed by atoms with Crippen molar-refractivity contribution in [3.63, 3.8) is 0 Å². The van der Waals surface area contributed by atoms with Gasteiger partial charge in [0.1, 0.15) is 0 Å². The topological polar surface area (TPSA) is 77.1 Å². The summed E-state index contributed by atoms with van der Waals surface area (Å²) in [5, 5.41) is 2.05. The second-order valence-electron chi connectivity index (χ2n) is 4.20. The monoisotopic (exact) mass is 277 g/mol. The third-order valence-electron chi connectivity index (χ3n) is 2.64. The van der Waals surface area contributed by atoms with E-state index in [1.54, 1.807) is 6.92 Å². The minimum Gasteiger partial charge on any atom is -0.323 e. The van der Waals surface area contributed by atoms with Gasteiger partial charge in [0.2, 0.25) is 0 Å². The van der Waals surface area contributed by atoms with Crippen LogP contribution in [0.4, 0.5) is 18.9 Å². The minimum absolute atomic E-state index is 0.0763. The predicted octanol–water partition coefficient (Wildman–Crippen LogP) is 1.09. The van der Waals surface area contributed by atoms with Gasteiger partial charge < -0.3 is 15.6 Å². The van der Waals surface area contributed by atoms with Gasteiger partial charge in [0.05, 0.1) is 5.69 Å². The molecule has 0 aliphatic carbocycles. The predicted molar refractivity (Wildman–Crippen MR) is 63.7 cm³/mol. The fourth-order valence-electron chi connectivity index (χ4n) is 1.24. The summed E-state index contributed by atoms with van der Waals surface area (Å²) in [7, 11) is 0. The molecule has 0 fully saturated rings. The molecule has 0 aliphatic heterocycles. The van der Waals surface area contributed by atoms with Crippen LogP contribution in [0.1, 0.15) is 13.8 Å². The first-order valence-corrected chi connectivity index (χ1v) is 5.47. The van der Waals surface area contributed by atoms with Crippen molar-refractivity contribution in [2.45, 2.75) is 32.1 Å². The fraction of sp³-hybridized carbons (Fsp3) is 0.455. The van der Waals surface area contributed by atoms with Gasteiger partial charge in [0, 0.05) is 18.8 Å². The number of carbonyl (C=O) groups excluding carboxylic acids is 1. The van der Waals surface area contributed by atoms with Crippen LogP contribution in [-0.2, 0) is 11.3 Å². The standard InChI is InChI=1S/C11H14F3N3O2/c1-3-17-6-7(4-5-8(17)18)16-9(19)10(2,15)11(12,13)14/h4-6H,3,15H2,1-2H3,(H,16,19). The van der Waals surface area contributed by atoms with Gasteiger partial charge in [-0.3, -0.25) is 9.59 Å². The lowest BCUT2D eigenvalue weighted by Gasteiger charge is -2.26.